The number of aromatic nitrogens is 2. The molecule has 3 aromatic rings. The average molecular weight is 277 g/mol. The van der Waals surface area contributed by atoms with Gasteiger partial charge in [0, 0.05) is 0 Å². The number of benzene rings is 2. The van der Waals surface area contributed by atoms with Gasteiger partial charge in [-0.05, 0) is 43.6 Å². The van der Waals surface area contributed by atoms with Gasteiger partial charge in [0.2, 0.25) is 0 Å². The Kier molecular flexibility index (Phi) is 3.00. The first-order valence-corrected chi connectivity index (χ1v) is 7.60. The van der Waals surface area contributed by atoms with Crippen molar-refractivity contribution in [1.29, 1.82) is 0 Å². The molecule has 0 unspecified atom stereocenters. The summed E-state index contributed by atoms with van der Waals surface area (Å²) in [6.45, 7) is 2.07. The Morgan fingerprint density at radius 1 is 0.857 bits per heavy atom. The van der Waals surface area contributed by atoms with Gasteiger partial charge in [-0.1, -0.05) is 42.5 Å². The van der Waals surface area contributed by atoms with E-state index in [2.05, 4.69) is 58.8 Å². The molecule has 1 fully saturated rings. The maximum absolute atomic E-state index is 4.90. The van der Waals surface area contributed by atoms with E-state index in [1.54, 1.807) is 0 Å². The van der Waals surface area contributed by atoms with Gasteiger partial charge in [0.05, 0.1) is 16.4 Å². The Balaban J connectivity index is 1.89. The minimum atomic E-state index is 0.00549. The van der Waals surface area contributed by atoms with Crippen LogP contribution in [0.1, 0.15) is 24.2 Å². The van der Waals surface area contributed by atoms with Gasteiger partial charge >= 0.3 is 0 Å². The molecular formula is C18H19N3. The van der Waals surface area contributed by atoms with E-state index >= 15 is 0 Å². The molecule has 3 nitrogen and oxygen atoms in total. The number of para-hydroxylation sites is 2. The second kappa shape index (κ2) is 5.01. The third-order valence-corrected chi connectivity index (χ3v) is 4.63. The normalized spacial score (nSPS) is 17.9. The molecule has 0 aliphatic carbocycles. The smallest absolute Gasteiger partial charge is 0.118 e. The van der Waals surface area contributed by atoms with Crippen LogP contribution in [0.25, 0.3) is 11.0 Å². The highest BCUT2D eigenvalue weighted by molar-refractivity contribution is 5.75. The molecule has 1 aliphatic heterocycles. The minimum absolute atomic E-state index is 0.00549. The molecule has 1 aromatic heterocycles. The summed E-state index contributed by atoms with van der Waals surface area (Å²) in [5.74, 6) is 1.11. The summed E-state index contributed by atoms with van der Waals surface area (Å²) in [5, 5.41) is 3.47. The molecule has 106 valence electrons. The van der Waals surface area contributed by atoms with Crippen LogP contribution in [0.15, 0.2) is 54.6 Å². The van der Waals surface area contributed by atoms with Crippen LogP contribution < -0.4 is 5.32 Å². The van der Waals surface area contributed by atoms with Gasteiger partial charge in [-0.3, -0.25) is 0 Å². The largest absolute Gasteiger partial charge is 0.341 e. The summed E-state index contributed by atoms with van der Waals surface area (Å²) in [7, 11) is 0. The highest BCUT2D eigenvalue weighted by Crippen LogP contribution is 2.39. The van der Waals surface area contributed by atoms with E-state index in [1.165, 1.54) is 5.56 Å². The van der Waals surface area contributed by atoms with Crippen LogP contribution in [0, 0.1) is 0 Å². The summed E-state index contributed by atoms with van der Waals surface area (Å²) in [6, 6.07) is 19.1. The fraction of sp³-hybridized carbons (Fsp3) is 0.278. The maximum atomic E-state index is 4.90. The number of nitrogens with one attached hydrogen (secondary N) is 2. The predicted molar refractivity (Wildman–Crippen MR) is 85.4 cm³/mol. The summed E-state index contributed by atoms with van der Waals surface area (Å²) >= 11 is 0. The molecule has 2 heterocycles. The zero-order chi connectivity index (χ0) is 14.1. The van der Waals surface area contributed by atoms with E-state index in [-0.39, 0.29) is 5.41 Å². The Hall–Kier alpha value is -2.13. The van der Waals surface area contributed by atoms with E-state index in [1.807, 2.05) is 6.07 Å². The number of aromatic amines is 1. The molecule has 21 heavy (non-hydrogen) atoms. The number of imidazole rings is 1. The van der Waals surface area contributed by atoms with E-state index in [0.29, 0.717) is 0 Å². The Bertz CT molecular complexity index is 706. The monoisotopic (exact) mass is 277 g/mol. The number of rotatable bonds is 2. The molecular weight excluding hydrogens is 258 g/mol. The van der Waals surface area contributed by atoms with Crippen molar-refractivity contribution in [2.45, 2.75) is 18.3 Å². The number of hydrogen-bond acceptors (Lipinski definition) is 2. The molecule has 0 bridgehead atoms. The van der Waals surface area contributed by atoms with Crippen LogP contribution in [0.4, 0.5) is 0 Å². The SMILES string of the molecule is c1ccc(C2(c3nc4ccccc4[nH]3)CCNCC2)cc1. The van der Waals surface area contributed by atoms with Gasteiger partial charge in [0.25, 0.3) is 0 Å². The van der Waals surface area contributed by atoms with Crippen LogP contribution in [-0.4, -0.2) is 23.1 Å². The lowest BCUT2D eigenvalue weighted by Crippen LogP contribution is -2.41. The van der Waals surface area contributed by atoms with Crippen molar-refractivity contribution in [3.8, 4) is 0 Å². The van der Waals surface area contributed by atoms with Crippen LogP contribution in [-0.2, 0) is 5.41 Å². The van der Waals surface area contributed by atoms with Crippen molar-refractivity contribution in [2.75, 3.05) is 13.1 Å². The molecule has 0 saturated carbocycles. The van der Waals surface area contributed by atoms with E-state index in [9.17, 15) is 0 Å². The fourth-order valence-electron chi connectivity index (χ4n) is 3.45. The molecule has 0 radical (unpaired) electrons. The zero-order valence-electron chi connectivity index (χ0n) is 12.0. The molecule has 0 atom stereocenters. The summed E-state index contributed by atoms with van der Waals surface area (Å²) < 4.78 is 0. The summed E-state index contributed by atoms with van der Waals surface area (Å²) in [6.07, 6.45) is 2.16. The molecule has 4 rings (SSSR count). The van der Waals surface area contributed by atoms with Crippen molar-refractivity contribution in [1.82, 2.24) is 15.3 Å². The lowest BCUT2D eigenvalue weighted by Gasteiger charge is -2.36. The number of hydrogen-bond donors (Lipinski definition) is 2. The number of fused-ring (bicyclic) bond motifs is 1. The van der Waals surface area contributed by atoms with E-state index < -0.39 is 0 Å². The lowest BCUT2D eigenvalue weighted by atomic mass is 9.72. The standard InChI is InChI=1S/C18H19N3/c1-2-6-14(7-3-1)18(10-12-19-13-11-18)17-20-15-8-4-5-9-16(15)21-17/h1-9,19H,10-13H2,(H,20,21). The molecule has 1 aliphatic rings. The maximum Gasteiger partial charge on any atom is 0.118 e. The third-order valence-electron chi connectivity index (χ3n) is 4.63. The highest BCUT2D eigenvalue weighted by Gasteiger charge is 2.38. The first-order chi connectivity index (χ1) is 10.4. The Morgan fingerprint density at radius 2 is 1.57 bits per heavy atom. The van der Waals surface area contributed by atoms with Gasteiger partial charge in [0.1, 0.15) is 5.82 Å². The van der Waals surface area contributed by atoms with Crippen molar-refractivity contribution in [3.05, 3.63) is 66.0 Å². The molecule has 2 N–H and O–H groups in total. The van der Waals surface area contributed by atoms with Gasteiger partial charge in [-0.25, -0.2) is 4.98 Å². The second-order valence-electron chi connectivity index (χ2n) is 5.80. The second-order valence-corrected chi connectivity index (χ2v) is 5.80. The van der Waals surface area contributed by atoms with Crippen LogP contribution in [0.5, 0.6) is 0 Å². The Labute approximate surface area is 124 Å². The van der Waals surface area contributed by atoms with Crippen molar-refractivity contribution < 1.29 is 0 Å². The van der Waals surface area contributed by atoms with Crippen LogP contribution in [0.2, 0.25) is 0 Å². The number of nitrogens with zero attached hydrogens (tertiary/aromatic N) is 1. The van der Waals surface area contributed by atoms with Gasteiger partial charge in [-0.2, -0.15) is 0 Å². The van der Waals surface area contributed by atoms with E-state index in [0.717, 1.165) is 42.8 Å². The average Bonchev–Trinajstić information content (AvgIpc) is 3.01. The van der Waals surface area contributed by atoms with Gasteiger partial charge in [0.15, 0.2) is 0 Å². The lowest BCUT2D eigenvalue weighted by molar-refractivity contribution is 0.348. The fourth-order valence-corrected chi connectivity index (χ4v) is 3.45. The molecule has 1 saturated heterocycles. The van der Waals surface area contributed by atoms with Crippen LogP contribution in [0.3, 0.4) is 0 Å². The number of H-pyrrole nitrogens is 1. The van der Waals surface area contributed by atoms with Gasteiger partial charge < -0.3 is 10.3 Å². The summed E-state index contributed by atoms with van der Waals surface area (Å²) in [4.78, 5) is 8.47. The first kappa shape index (κ1) is 12.6. The molecule has 0 spiro atoms. The first-order valence-electron chi connectivity index (χ1n) is 7.60. The van der Waals surface area contributed by atoms with Crippen molar-refractivity contribution in [2.24, 2.45) is 0 Å². The zero-order valence-corrected chi connectivity index (χ0v) is 12.0. The third kappa shape index (κ3) is 2.05. The predicted octanol–water partition coefficient (Wildman–Crippen LogP) is 3.23. The van der Waals surface area contributed by atoms with Crippen molar-refractivity contribution in [3.63, 3.8) is 0 Å². The quantitative estimate of drug-likeness (QED) is 0.755. The Morgan fingerprint density at radius 3 is 2.33 bits per heavy atom. The summed E-state index contributed by atoms with van der Waals surface area (Å²) in [5.41, 5.74) is 3.55. The van der Waals surface area contributed by atoms with Crippen LogP contribution >= 0.6 is 0 Å². The minimum Gasteiger partial charge on any atom is -0.341 e. The van der Waals surface area contributed by atoms with Gasteiger partial charge in [-0.15, -0.1) is 0 Å². The molecule has 0 amide bonds. The molecule has 2 aromatic carbocycles. The topological polar surface area (TPSA) is 40.7 Å². The molecule has 3 heteroatoms. The highest BCUT2D eigenvalue weighted by atomic mass is 15.0. The van der Waals surface area contributed by atoms with E-state index in [4.69, 9.17) is 4.98 Å². The number of piperidine rings is 1. The van der Waals surface area contributed by atoms with Crippen molar-refractivity contribution >= 4 is 11.0 Å².